The summed E-state index contributed by atoms with van der Waals surface area (Å²) in [6, 6.07) is 13.5. The third-order valence-electron chi connectivity index (χ3n) is 2.80. The van der Waals surface area contributed by atoms with Crippen molar-refractivity contribution >= 4 is 37.5 Å². The number of methoxy groups -OCH3 is 1. The van der Waals surface area contributed by atoms with E-state index in [4.69, 9.17) is 10.00 Å². The molecule has 0 radical (unpaired) electrons. The lowest BCUT2D eigenvalue weighted by atomic mass is 10.2. The van der Waals surface area contributed by atoms with Crippen LogP contribution in [-0.2, 0) is 6.54 Å². The van der Waals surface area contributed by atoms with Gasteiger partial charge in [0.1, 0.15) is 5.75 Å². The Balaban J connectivity index is 2.14. The van der Waals surface area contributed by atoms with Gasteiger partial charge in [0.25, 0.3) is 0 Å². The summed E-state index contributed by atoms with van der Waals surface area (Å²) < 4.78 is 7.33. The Hall–Kier alpha value is -1.51. The number of nitrogens with one attached hydrogen (secondary N) is 1. The Morgan fingerprint density at radius 3 is 2.60 bits per heavy atom. The highest BCUT2D eigenvalue weighted by molar-refractivity contribution is 9.13. The molecule has 0 atom stereocenters. The molecular weight excluding hydrogens is 384 g/mol. The van der Waals surface area contributed by atoms with Crippen molar-refractivity contribution in [3.63, 3.8) is 0 Å². The van der Waals surface area contributed by atoms with Crippen LogP contribution < -0.4 is 10.1 Å². The van der Waals surface area contributed by atoms with Crippen LogP contribution in [0, 0.1) is 11.3 Å². The van der Waals surface area contributed by atoms with E-state index in [0.717, 1.165) is 20.2 Å². The first kappa shape index (κ1) is 14.9. The van der Waals surface area contributed by atoms with Crippen molar-refractivity contribution in [2.45, 2.75) is 6.54 Å². The number of nitriles is 1. The first-order valence-corrected chi connectivity index (χ1v) is 7.48. The number of benzene rings is 2. The second-order valence-corrected chi connectivity index (χ2v) is 5.84. The van der Waals surface area contributed by atoms with Gasteiger partial charge in [0, 0.05) is 21.6 Å². The quantitative estimate of drug-likeness (QED) is 0.815. The molecule has 0 saturated carbocycles. The third-order valence-corrected chi connectivity index (χ3v) is 4.68. The molecular formula is C15H12Br2N2O. The molecule has 3 nitrogen and oxygen atoms in total. The average molecular weight is 396 g/mol. The van der Waals surface area contributed by atoms with Crippen LogP contribution in [0.1, 0.15) is 11.1 Å². The second kappa shape index (κ2) is 6.78. The van der Waals surface area contributed by atoms with Gasteiger partial charge in [-0.15, -0.1) is 0 Å². The van der Waals surface area contributed by atoms with Gasteiger partial charge >= 0.3 is 0 Å². The predicted octanol–water partition coefficient (Wildman–Crippen LogP) is 4.70. The SMILES string of the molecule is COc1cc(C#N)ccc1NCc1ccc(Br)c(Br)c1. The fourth-order valence-electron chi connectivity index (χ4n) is 1.75. The fourth-order valence-corrected chi connectivity index (χ4v) is 2.43. The van der Waals surface area contributed by atoms with E-state index in [-0.39, 0.29) is 0 Å². The van der Waals surface area contributed by atoms with Gasteiger partial charge in [-0.1, -0.05) is 6.07 Å². The highest BCUT2D eigenvalue weighted by atomic mass is 79.9. The Morgan fingerprint density at radius 1 is 1.15 bits per heavy atom. The minimum Gasteiger partial charge on any atom is -0.495 e. The minimum atomic E-state index is 0.582. The van der Waals surface area contributed by atoms with Crippen LogP contribution in [0.4, 0.5) is 5.69 Å². The molecule has 0 aromatic heterocycles. The number of nitrogens with zero attached hydrogens (tertiary/aromatic N) is 1. The monoisotopic (exact) mass is 394 g/mol. The zero-order valence-electron chi connectivity index (χ0n) is 10.8. The molecule has 2 aromatic carbocycles. The van der Waals surface area contributed by atoms with Gasteiger partial charge in [0.2, 0.25) is 0 Å². The Kier molecular flexibility index (Phi) is 5.05. The van der Waals surface area contributed by atoms with Gasteiger partial charge < -0.3 is 10.1 Å². The smallest absolute Gasteiger partial charge is 0.143 e. The molecule has 0 aliphatic carbocycles. The highest BCUT2D eigenvalue weighted by Gasteiger charge is 2.05. The molecule has 0 saturated heterocycles. The van der Waals surface area contributed by atoms with E-state index in [1.54, 1.807) is 19.2 Å². The summed E-state index contributed by atoms with van der Waals surface area (Å²) >= 11 is 6.93. The molecule has 0 aliphatic rings. The van der Waals surface area contributed by atoms with Crippen molar-refractivity contribution in [1.82, 2.24) is 0 Å². The topological polar surface area (TPSA) is 45.0 Å². The van der Waals surface area contributed by atoms with Crippen molar-refractivity contribution in [2.75, 3.05) is 12.4 Å². The normalized spacial score (nSPS) is 9.90. The van der Waals surface area contributed by atoms with E-state index in [1.807, 2.05) is 24.3 Å². The summed E-state index contributed by atoms with van der Waals surface area (Å²) in [6.07, 6.45) is 0. The Bertz CT molecular complexity index is 665. The maximum Gasteiger partial charge on any atom is 0.143 e. The van der Waals surface area contributed by atoms with Crippen LogP contribution in [0.2, 0.25) is 0 Å². The van der Waals surface area contributed by atoms with Gasteiger partial charge in [0.15, 0.2) is 0 Å². The Labute approximate surface area is 134 Å². The lowest BCUT2D eigenvalue weighted by molar-refractivity contribution is 0.416. The molecule has 2 rings (SSSR count). The summed E-state index contributed by atoms with van der Waals surface area (Å²) in [7, 11) is 1.60. The van der Waals surface area contributed by atoms with Crippen molar-refractivity contribution in [3.8, 4) is 11.8 Å². The van der Waals surface area contributed by atoms with Crippen LogP contribution in [0.5, 0.6) is 5.75 Å². The zero-order valence-corrected chi connectivity index (χ0v) is 14.0. The second-order valence-electron chi connectivity index (χ2n) is 4.13. The summed E-state index contributed by atoms with van der Waals surface area (Å²) in [5.41, 5.74) is 2.59. The van der Waals surface area contributed by atoms with Crippen molar-refractivity contribution < 1.29 is 4.74 Å². The predicted molar refractivity (Wildman–Crippen MR) is 86.9 cm³/mol. The Morgan fingerprint density at radius 2 is 1.95 bits per heavy atom. The molecule has 0 unspecified atom stereocenters. The zero-order chi connectivity index (χ0) is 14.5. The van der Waals surface area contributed by atoms with Gasteiger partial charge in [0.05, 0.1) is 24.4 Å². The number of hydrogen-bond acceptors (Lipinski definition) is 3. The summed E-state index contributed by atoms with van der Waals surface area (Å²) in [6.45, 7) is 0.675. The van der Waals surface area contributed by atoms with Crippen molar-refractivity contribution in [2.24, 2.45) is 0 Å². The summed E-state index contributed by atoms with van der Waals surface area (Å²) in [5.74, 6) is 0.667. The first-order valence-electron chi connectivity index (χ1n) is 5.90. The lowest BCUT2D eigenvalue weighted by Crippen LogP contribution is -2.01. The van der Waals surface area contributed by atoms with Gasteiger partial charge in [-0.05, 0) is 61.7 Å². The van der Waals surface area contributed by atoms with Crippen LogP contribution in [-0.4, -0.2) is 7.11 Å². The van der Waals surface area contributed by atoms with Crippen molar-refractivity contribution in [3.05, 3.63) is 56.5 Å². The van der Waals surface area contributed by atoms with Crippen LogP contribution in [0.25, 0.3) is 0 Å². The molecule has 0 aliphatic heterocycles. The molecule has 5 heteroatoms. The largest absolute Gasteiger partial charge is 0.495 e. The van der Waals surface area contributed by atoms with Crippen LogP contribution in [0.3, 0.4) is 0 Å². The van der Waals surface area contributed by atoms with E-state index in [9.17, 15) is 0 Å². The van der Waals surface area contributed by atoms with Gasteiger partial charge in [-0.25, -0.2) is 0 Å². The molecule has 0 bridgehead atoms. The number of halogens is 2. The minimum absolute atomic E-state index is 0.582. The molecule has 0 heterocycles. The maximum atomic E-state index is 8.88. The van der Waals surface area contributed by atoms with E-state index >= 15 is 0 Å². The van der Waals surface area contributed by atoms with Gasteiger partial charge in [-0.2, -0.15) is 5.26 Å². The molecule has 1 N–H and O–H groups in total. The lowest BCUT2D eigenvalue weighted by Gasteiger charge is -2.12. The molecule has 2 aromatic rings. The maximum absolute atomic E-state index is 8.88. The number of rotatable bonds is 4. The number of ether oxygens (including phenoxy) is 1. The van der Waals surface area contributed by atoms with Crippen LogP contribution >= 0.6 is 31.9 Å². The summed E-state index contributed by atoms with van der Waals surface area (Å²) in [5, 5.41) is 12.2. The van der Waals surface area contributed by atoms with E-state index < -0.39 is 0 Å². The van der Waals surface area contributed by atoms with Crippen molar-refractivity contribution in [1.29, 1.82) is 5.26 Å². The number of hydrogen-bond donors (Lipinski definition) is 1. The fraction of sp³-hybridized carbons (Fsp3) is 0.133. The van der Waals surface area contributed by atoms with Gasteiger partial charge in [-0.3, -0.25) is 0 Å². The van der Waals surface area contributed by atoms with Crippen LogP contribution in [0.15, 0.2) is 45.3 Å². The third kappa shape index (κ3) is 3.53. The number of anilines is 1. The van der Waals surface area contributed by atoms with E-state index in [0.29, 0.717) is 17.9 Å². The average Bonchev–Trinajstić information content (AvgIpc) is 2.48. The van der Waals surface area contributed by atoms with E-state index in [2.05, 4.69) is 43.2 Å². The molecule has 0 fully saturated rings. The standard InChI is InChI=1S/C15H12Br2N2O/c1-20-15-7-10(8-18)3-5-14(15)19-9-11-2-4-12(16)13(17)6-11/h2-7,19H,9H2,1H3. The highest BCUT2D eigenvalue weighted by Crippen LogP contribution is 2.27. The molecule has 0 spiro atoms. The summed E-state index contributed by atoms with van der Waals surface area (Å²) in [4.78, 5) is 0. The first-order chi connectivity index (χ1) is 9.63. The van der Waals surface area contributed by atoms with E-state index in [1.165, 1.54) is 0 Å². The molecule has 102 valence electrons. The molecule has 20 heavy (non-hydrogen) atoms. The molecule has 0 amide bonds.